The maximum atomic E-state index is 13.8. The average molecular weight is 744 g/mol. The number of hydrazone groups is 1. The van der Waals surface area contributed by atoms with E-state index in [2.05, 4.69) is 44.3 Å². The summed E-state index contributed by atoms with van der Waals surface area (Å²) in [5.41, 5.74) is 0.155. The van der Waals surface area contributed by atoms with Gasteiger partial charge in [-0.25, -0.2) is 8.78 Å². The number of halogens is 5. The number of rotatable bonds is 24. The standard InChI is InChI=1S/C38H62F5N7S/c1-10-17-33(38(41,42)43)19-12-14-21-35(49(8)28-26-44-32(4)34-20-13-15-22-36(51-34)47(5)6)46-31(3)18-16-25-45-50(9)30-29-48(7)27-24-37(39,40)23-11-2/h10,12,14,16-20,22,25,31,35,44,46H,4,11,13,15,21,23-24,26-30H2,1-3,5-9H3/b14-12?,17-10-,18-16+,33-19+,45-25-. The summed E-state index contributed by atoms with van der Waals surface area (Å²) < 4.78 is 67.6. The van der Waals surface area contributed by atoms with Gasteiger partial charge in [0.1, 0.15) is 0 Å². The van der Waals surface area contributed by atoms with Crippen LogP contribution in [0.3, 0.4) is 0 Å². The van der Waals surface area contributed by atoms with Gasteiger partial charge in [0.05, 0.1) is 16.8 Å². The molecule has 2 unspecified atom stereocenters. The van der Waals surface area contributed by atoms with Gasteiger partial charge in [-0.15, -0.1) is 0 Å². The van der Waals surface area contributed by atoms with Crippen LogP contribution < -0.4 is 10.6 Å². The lowest BCUT2D eigenvalue weighted by molar-refractivity contribution is -0.0882. The third-order valence-electron chi connectivity index (χ3n) is 8.03. The molecule has 0 radical (unpaired) electrons. The van der Waals surface area contributed by atoms with Crippen molar-refractivity contribution in [3.63, 3.8) is 0 Å². The van der Waals surface area contributed by atoms with E-state index < -0.39 is 17.7 Å². The topological polar surface area (TPSA) is 49.4 Å². The van der Waals surface area contributed by atoms with Crippen LogP contribution in [0.2, 0.25) is 0 Å². The van der Waals surface area contributed by atoms with Crippen LogP contribution in [0.25, 0.3) is 0 Å². The predicted molar refractivity (Wildman–Crippen MR) is 208 cm³/mol. The molecule has 0 spiro atoms. The number of nitrogens with one attached hydrogen (secondary N) is 2. The van der Waals surface area contributed by atoms with Crippen molar-refractivity contribution >= 4 is 18.0 Å². The summed E-state index contributed by atoms with van der Waals surface area (Å²) in [7, 11) is 9.71. The Morgan fingerprint density at radius 1 is 1.00 bits per heavy atom. The fourth-order valence-electron chi connectivity index (χ4n) is 4.94. The van der Waals surface area contributed by atoms with E-state index in [1.54, 1.807) is 42.9 Å². The van der Waals surface area contributed by atoms with Crippen molar-refractivity contribution in [1.29, 1.82) is 0 Å². The molecule has 7 nitrogen and oxygen atoms in total. The molecule has 0 bridgehead atoms. The molecular weight excluding hydrogens is 682 g/mol. The molecule has 1 aliphatic heterocycles. The lowest BCUT2D eigenvalue weighted by Crippen LogP contribution is -2.48. The molecule has 0 saturated heterocycles. The first kappa shape index (κ1) is 46.2. The van der Waals surface area contributed by atoms with Crippen LogP contribution in [-0.4, -0.2) is 118 Å². The summed E-state index contributed by atoms with van der Waals surface area (Å²) in [6.07, 6.45) is 14.7. The van der Waals surface area contributed by atoms with Gasteiger partial charge in [-0.1, -0.05) is 80.3 Å². The molecule has 290 valence electrons. The summed E-state index contributed by atoms with van der Waals surface area (Å²) in [5, 5.41) is 14.4. The van der Waals surface area contributed by atoms with Crippen LogP contribution in [0.1, 0.15) is 59.3 Å². The van der Waals surface area contributed by atoms with E-state index in [9.17, 15) is 22.0 Å². The molecule has 1 aliphatic rings. The van der Waals surface area contributed by atoms with Crippen LogP contribution in [-0.2, 0) is 0 Å². The number of hydrogen-bond donors (Lipinski definition) is 2. The highest BCUT2D eigenvalue weighted by Gasteiger charge is 2.31. The van der Waals surface area contributed by atoms with E-state index in [1.165, 1.54) is 17.2 Å². The largest absolute Gasteiger partial charge is 0.416 e. The van der Waals surface area contributed by atoms with Crippen molar-refractivity contribution in [1.82, 2.24) is 30.3 Å². The monoisotopic (exact) mass is 743 g/mol. The molecule has 1 rings (SSSR count). The van der Waals surface area contributed by atoms with Gasteiger partial charge in [0.25, 0.3) is 0 Å². The van der Waals surface area contributed by atoms with Crippen molar-refractivity contribution in [3.05, 3.63) is 82.5 Å². The van der Waals surface area contributed by atoms with Crippen molar-refractivity contribution in [2.24, 2.45) is 5.10 Å². The molecule has 1 heterocycles. The van der Waals surface area contributed by atoms with Crippen LogP contribution in [0.4, 0.5) is 22.0 Å². The van der Waals surface area contributed by atoms with Gasteiger partial charge in [0.2, 0.25) is 5.92 Å². The predicted octanol–water partition coefficient (Wildman–Crippen LogP) is 8.38. The van der Waals surface area contributed by atoms with Gasteiger partial charge in [-0.05, 0) is 53.3 Å². The summed E-state index contributed by atoms with van der Waals surface area (Å²) in [6, 6.07) is -0.0745. The zero-order valence-electron chi connectivity index (χ0n) is 31.9. The molecule has 2 atom stereocenters. The van der Waals surface area contributed by atoms with E-state index in [0.717, 1.165) is 35.6 Å². The minimum atomic E-state index is -4.43. The maximum Gasteiger partial charge on any atom is 0.416 e. The van der Waals surface area contributed by atoms with Crippen LogP contribution in [0.15, 0.2) is 87.6 Å². The third-order valence-corrected chi connectivity index (χ3v) is 9.41. The Labute approximate surface area is 308 Å². The zero-order chi connectivity index (χ0) is 38.5. The van der Waals surface area contributed by atoms with E-state index in [0.29, 0.717) is 45.6 Å². The van der Waals surface area contributed by atoms with Gasteiger partial charge in [0.15, 0.2) is 0 Å². The quantitative estimate of drug-likeness (QED) is 0.0339. The molecule has 0 aliphatic carbocycles. The molecule has 0 amide bonds. The lowest BCUT2D eigenvalue weighted by atomic mass is 10.1. The van der Waals surface area contributed by atoms with Gasteiger partial charge in [0, 0.05) is 89.6 Å². The first-order chi connectivity index (χ1) is 24.0. The molecule has 0 aromatic carbocycles. The molecular formula is C38H62F5N7S. The van der Waals surface area contributed by atoms with E-state index in [1.807, 2.05) is 59.2 Å². The minimum Gasteiger partial charge on any atom is -0.383 e. The number of likely N-dealkylation sites (N-methyl/N-ethyl adjacent to an activating group) is 3. The molecule has 2 N–H and O–H groups in total. The van der Waals surface area contributed by atoms with Crippen LogP contribution in [0, 0.1) is 0 Å². The molecule has 51 heavy (non-hydrogen) atoms. The third kappa shape index (κ3) is 20.7. The Balaban J connectivity index is 2.83. The highest BCUT2D eigenvalue weighted by Crippen LogP contribution is 2.33. The number of thioether (sulfide) groups is 1. The second-order valence-electron chi connectivity index (χ2n) is 13.0. The van der Waals surface area contributed by atoms with Crippen LogP contribution >= 0.6 is 11.8 Å². The SMILES string of the molecule is C=C(NCCN(C)C(CC=C/C=C(\C=C/C)C(F)(F)F)NC(C)/C=C/C=N\N(C)CCN(C)CCC(F)(F)CCC)C1=CCCC=C(N(C)C)S1. The highest BCUT2D eigenvalue weighted by molar-refractivity contribution is 8.06. The number of alkyl halides is 5. The van der Waals surface area contributed by atoms with Crippen molar-refractivity contribution in [2.45, 2.75) is 83.6 Å². The van der Waals surface area contributed by atoms with Gasteiger partial charge >= 0.3 is 6.18 Å². The summed E-state index contributed by atoms with van der Waals surface area (Å²) in [5.74, 6) is -2.63. The molecule has 13 heteroatoms. The van der Waals surface area contributed by atoms with Crippen molar-refractivity contribution in [2.75, 3.05) is 68.0 Å². The summed E-state index contributed by atoms with van der Waals surface area (Å²) in [4.78, 5) is 7.22. The van der Waals surface area contributed by atoms with Crippen molar-refractivity contribution < 1.29 is 22.0 Å². The molecule has 0 fully saturated rings. The average Bonchev–Trinajstić information content (AvgIpc) is 3.32. The number of allylic oxidation sites excluding steroid dienone is 8. The molecule has 0 aromatic rings. The Morgan fingerprint density at radius 3 is 2.35 bits per heavy atom. The zero-order valence-corrected chi connectivity index (χ0v) is 32.8. The Hall–Kier alpha value is -2.87. The Bertz CT molecular complexity index is 1240. The number of hydrogen-bond acceptors (Lipinski definition) is 8. The van der Waals surface area contributed by atoms with E-state index >= 15 is 0 Å². The summed E-state index contributed by atoms with van der Waals surface area (Å²) in [6.45, 7) is 12.4. The first-order valence-corrected chi connectivity index (χ1v) is 18.5. The van der Waals surface area contributed by atoms with E-state index in [-0.39, 0.29) is 25.0 Å². The van der Waals surface area contributed by atoms with Gasteiger partial charge in [-0.3, -0.25) is 15.2 Å². The second kappa shape index (κ2) is 24.4. The first-order valence-electron chi connectivity index (χ1n) is 17.7. The van der Waals surface area contributed by atoms with Crippen molar-refractivity contribution in [3.8, 4) is 0 Å². The maximum absolute atomic E-state index is 13.8. The van der Waals surface area contributed by atoms with Gasteiger partial charge in [-0.2, -0.15) is 18.3 Å². The number of nitrogens with zero attached hydrogens (tertiary/aromatic N) is 5. The van der Waals surface area contributed by atoms with Gasteiger partial charge < -0.3 is 15.1 Å². The second-order valence-corrected chi connectivity index (χ2v) is 14.1. The Morgan fingerprint density at radius 2 is 1.71 bits per heavy atom. The minimum absolute atomic E-state index is 0.0745. The lowest BCUT2D eigenvalue weighted by Gasteiger charge is -2.30. The van der Waals surface area contributed by atoms with E-state index in [4.69, 9.17) is 0 Å². The summed E-state index contributed by atoms with van der Waals surface area (Å²) >= 11 is 1.69. The fourth-order valence-corrected chi connectivity index (χ4v) is 5.94. The molecule has 0 saturated carbocycles. The Kier molecular flexibility index (Phi) is 22.1. The fraction of sp³-hybridized carbons (Fsp3) is 0.605. The smallest absolute Gasteiger partial charge is 0.383 e. The molecule has 0 aromatic heterocycles. The highest BCUT2D eigenvalue weighted by atomic mass is 32.2. The van der Waals surface area contributed by atoms with Crippen LogP contribution in [0.5, 0.6) is 0 Å². The normalized spacial score (nSPS) is 16.4.